The monoisotopic (exact) mass is 552 g/mol. The molecule has 6 aromatic rings. The lowest BCUT2D eigenvalue weighted by Gasteiger charge is -2.23. The van der Waals surface area contributed by atoms with Crippen molar-refractivity contribution in [3.63, 3.8) is 0 Å². The highest BCUT2D eigenvalue weighted by Crippen LogP contribution is 2.31. The van der Waals surface area contributed by atoms with Gasteiger partial charge in [0.05, 0.1) is 11.4 Å². The van der Waals surface area contributed by atoms with Crippen molar-refractivity contribution >= 4 is 44.8 Å². The number of hydrogen-bond donors (Lipinski definition) is 1. The first-order valence-electron chi connectivity index (χ1n) is 12.0. The Labute approximate surface area is 233 Å². The highest BCUT2D eigenvalue weighted by Gasteiger charge is 2.19. The molecule has 0 aromatic carbocycles. The Balaban J connectivity index is 0.000000160. The fraction of sp³-hybridized carbons (Fsp3) is 0.111. The summed E-state index contributed by atoms with van der Waals surface area (Å²) in [4.78, 5) is 36.6. The highest BCUT2D eigenvalue weighted by atomic mass is 32.1. The molecule has 0 spiro atoms. The summed E-state index contributed by atoms with van der Waals surface area (Å²) in [5.74, 6) is 1.20. The van der Waals surface area contributed by atoms with Crippen molar-refractivity contribution in [1.82, 2.24) is 39.9 Å². The van der Waals surface area contributed by atoms with Crippen molar-refractivity contribution in [3.05, 3.63) is 96.5 Å². The molecular formula is C27H24N10S2. The molecule has 6 aromatic heterocycles. The van der Waals surface area contributed by atoms with Crippen LogP contribution in [0.5, 0.6) is 0 Å². The van der Waals surface area contributed by atoms with E-state index in [1.807, 2.05) is 58.1 Å². The average Bonchev–Trinajstić information content (AvgIpc) is 3.66. The van der Waals surface area contributed by atoms with Gasteiger partial charge in [-0.1, -0.05) is 12.1 Å². The molecule has 1 N–H and O–H groups in total. The maximum atomic E-state index is 4.68. The van der Waals surface area contributed by atoms with Gasteiger partial charge >= 0.3 is 0 Å². The summed E-state index contributed by atoms with van der Waals surface area (Å²) in [6, 6.07) is 15.4. The van der Waals surface area contributed by atoms with Crippen LogP contribution in [0.2, 0.25) is 0 Å². The molecule has 0 saturated heterocycles. The van der Waals surface area contributed by atoms with E-state index in [0.717, 1.165) is 33.0 Å². The molecule has 0 radical (unpaired) electrons. The second-order valence-corrected chi connectivity index (χ2v) is 9.89. The van der Waals surface area contributed by atoms with E-state index in [9.17, 15) is 0 Å². The first kappa shape index (κ1) is 25.9. The van der Waals surface area contributed by atoms with Crippen LogP contribution in [0, 0.1) is 0 Å². The van der Waals surface area contributed by atoms with Crippen LogP contribution in [-0.2, 0) is 0 Å². The lowest BCUT2D eigenvalue weighted by atomic mass is 10.3. The fourth-order valence-electron chi connectivity index (χ4n) is 3.38. The van der Waals surface area contributed by atoms with Gasteiger partial charge in [0.15, 0.2) is 10.3 Å². The molecule has 0 saturated carbocycles. The van der Waals surface area contributed by atoms with Crippen molar-refractivity contribution in [2.75, 3.05) is 10.2 Å². The summed E-state index contributed by atoms with van der Waals surface area (Å²) < 4.78 is 0. The number of nitrogens with zero attached hydrogens (tertiary/aromatic N) is 9. The molecule has 0 aliphatic carbocycles. The van der Waals surface area contributed by atoms with Gasteiger partial charge in [0, 0.05) is 54.0 Å². The van der Waals surface area contributed by atoms with Gasteiger partial charge in [0.25, 0.3) is 0 Å². The van der Waals surface area contributed by atoms with E-state index < -0.39 is 0 Å². The number of thiazole rings is 2. The molecule has 10 nitrogen and oxygen atoms in total. The van der Waals surface area contributed by atoms with Gasteiger partial charge < -0.3 is 5.32 Å². The maximum absolute atomic E-state index is 4.68. The molecule has 0 bridgehead atoms. The Kier molecular flexibility index (Phi) is 8.46. The molecule has 0 fully saturated rings. The normalized spacial score (nSPS) is 10.5. The van der Waals surface area contributed by atoms with E-state index in [1.54, 1.807) is 54.6 Å². The summed E-state index contributed by atoms with van der Waals surface area (Å²) >= 11 is 3.07. The fourth-order valence-corrected chi connectivity index (χ4v) is 5.03. The zero-order valence-electron chi connectivity index (χ0n) is 21.2. The Bertz CT molecular complexity index is 1560. The highest BCUT2D eigenvalue weighted by molar-refractivity contribution is 7.14. The van der Waals surface area contributed by atoms with Gasteiger partial charge in [-0.05, 0) is 50.2 Å². The first-order valence-corrected chi connectivity index (χ1v) is 13.8. The maximum Gasteiger partial charge on any atom is 0.231 e. The number of anilines is 4. The number of rotatable bonds is 7. The van der Waals surface area contributed by atoms with Crippen LogP contribution in [0.3, 0.4) is 0 Å². The van der Waals surface area contributed by atoms with E-state index >= 15 is 0 Å². The predicted octanol–water partition coefficient (Wildman–Crippen LogP) is 6.28. The van der Waals surface area contributed by atoms with Gasteiger partial charge in [-0.15, -0.1) is 22.7 Å². The molecule has 194 valence electrons. The molecule has 39 heavy (non-hydrogen) atoms. The van der Waals surface area contributed by atoms with E-state index in [1.165, 1.54) is 11.3 Å². The van der Waals surface area contributed by atoms with Crippen LogP contribution >= 0.6 is 22.7 Å². The van der Waals surface area contributed by atoms with Crippen molar-refractivity contribution < 1.29 is 0 Å². The van der Waals surface area contributed by atoms with E-state index in [4.69, 9.17) is 0 Å². The summed E-state index contributed by atoms with van der Waals surface area (Å²) in [6.07, 6.45) is 10.4. The van der Waals surface area contributed by atoms with Crippen LogP contribution in [0.15, 0.2) is 96.5 Å². The molecule has 0 aliphatic rings. The quantitative estimate of drug-likeness (QED) is 0.242. The predicted molar refractivity (Wildman–Crippen MR) is 155 cm³/mol. The molecule has 0 aliphatic heterocycles. The Morgan fingerprint density at radius 1 is 0.615 bits per heavy atom. The number of pyridine rings is 2. The SMILES string of the molecule is CC(C)N(c1ncccn1)c1nc(-c2ccccn2)cs1.c1ccc(-c2csc(Nc3ncccn3)n2)nc1. The first-order chi connectivity index (χ1) is 19.2. The van der Waals surface area contributed by atoms with Crippen LogP contribution in [0.4, 0.5) is 22.2 Å². The molecule has 0 unspecified atom stereocenters. The minimum Gasteiger partial charge on any atom is -0.300 e. The van der Waals surface area contributed by atoms with Crippen molar-refractivity contribution in [2.45, 2.75) is 19.9 Å². The second kappa shape index (κ2) is 12.7. The lowest BCUT2D eigenvalue weighted by Crippen LogP contribution is -2.27. The third-order valence-electron chi connectivity index (χ3n) is 5.13. The molecule has 0 atom stereocenters. The zero-order valence-corrected chi connectivity index (χ0v) is 22.8. The van der Waals surface area contributed by atoms with Crippen LogP contribution in [-0.4, -0.2) is 45.9 Å². The number of aromatic nitrogens is 8. The zero-order chi connectivity index (χ0) is 26.9. The lowest BCUT2D eigenvalue weighted by molar-refractivity contribution is 0.760. The van der Waals surface area contributed by atoms with Crippen molar-refractivity contribution in [3.8, 4) is 22.8 Å². The minimum atomic E-state index is 0.218. The Morgan fingerprint density at radius 3 is 1.77 bits per heavy atom. The van der Waals surface area contributed by atoms with E-state index in [-0.39, 0.29) is 6.04 Å². The largest absolute Gasteiger partial charge is 0.300 e. The van der Waals surface area contributed by atoms with E-state index in [2.05, 4.69) is 59.0 Å². The summed E-state index contributed by atoms with van der Waals surface area (Å²) in [6.45, 7) is 4.19. The molecule has 0 amide bonds. The van der Waals surface area contributed by atoms with Crippen LogP contribution in [0.25, 0.3) is 22.8 Å². The van der Waals surface area contributed by atoms with Gasteiger partial charge in [0.2, 0.25) is 11.9 Å². The topological polar surface area (TPSA) is 118 Å². The Hall–Kier alpha value is -4.68. The third kappa shape index (κ3) is 6.80. The van der Waals surface area contributed by atoms with Crippen molar-refractivity contribution in [2.24, 2.45) is 0 Å². The molecule has 12 heteroatoms. The Morgan fingerprint density at radius 2 is 1.18 bits per heavy atom. The summed E-state index contributed by atoms with van der Waals surface area (Å²) in [5, 5.41) is 8.64. The average molecular weight is 553 g/mol. The third-order valence-corrected chi connectivity index (χ3v) is 6.72. The van der Waals surface area contributed by atoms with Crippen LogP contribution < -0.4 is 10.2 Å². The van der Waals surface area contributed by atoms with Crippen molar-refractivity contribution in [1.29, 1.82) is 0 Å². The molecular weight excluding hydrogens is 529 g/mol. The van der Waals surface area contributed by atoms with E-state index in [0.29, 0.717) is 11.9 Å². The minimum absolute atomic E-state index is 0.218. The number of nitrogens with one attached hydrogen (secondary N) is 1. The van der Waals surface area contributed by atoms with Gasteiger partial charge in [-0.3, -0.25) is 14.9 Å². The summed E-state index contributed by atoms with van der Waals surface area (Å²) in [7, 11) is 0. The standard InChI is InChI=1S/C15H15N5S.C12H9N5S/c1-11(2)20(14-17-8-5-9-18-14)15-19-13(10-21-15)12-6-3-4-7-16-12;1-2-5-13-9(4-1)10-8-18-12(16-10)17-11-14-6-3-7-15-11/h3-11H,1-2H3;1-8H,(H,14,15,16,17). The van der Waals surface area contributed by atoms with Crippen LogP contribution in [0.1, 0.15) is 13.8 Å². The van der Waals surface area contributed by atoms with Gasteiger partial charge in [-0.2, -0.15) is 0 Å². The second-order valence-electron chi connectivity index (χ2n) is 8.19. The number of hydrogen-bond acceptors (Lipinski definition) is 12. The smallest absolute Gasteiger partial charge is 0.231 e. The van der Waals surface area contributed by atoms with Gasteiger partial charge in [-0.25, -0.2) is 29.9 Å². The summed E-state index contributed by atoms with van der Waals surface area (Å²) in [5.41, 5.74) is 3.45. The molecule has 6 heterocycles. The van der Waals surface area contributed by atoms with Gasteiger partial charge in [0.1, 0.15) is 11.4 Å². The molecule has 6 rings (SSSR count).